The second kappa shape index (κ2) is 14.5. The van der Waals surface area contributed by atoms with Crippen molar-refractivity contribution in [3.63, 3.8) is 0 Å². The molecule has 0 bridgehead atoms. The predicted octanol–water partition coefficient (Wildman–Crippen LogP) is -1.37. The predicted molar refractivity (Wildman–Crippen MR) is 181 cm³/mol. The summed E-state index contributed by atoms with van der Waals surface area (Å²) in [5.41, 5.74) is 4.91. The second-order valence-electron chi connectivity index (χ2n) is 13.3. The molecule has 4 aromatic heterocycles. The number of imidazole rings is 2. The molecule has 8 N–H and O–H groups in total. The number of aromatic amines is 2. The van der Waals surface area contributed by atoms with Crippen LogP contribution < -0.4 is 21.4 Å². The molecule has 3 saturated heterocycles. The van der Waals surface area contributed by atoms with E-state index in [1.165, 1.54) is 40.4 Å². The number of aryl methyl sites for hydroxylation is 2. The van der Waals surface area contributed by atoms with Crippen LogP contribution in [0.4, 0.5) is 5.95 Å². The van der Waals surface area contributed by atoms with Crippen molar-refractivity contribution in [2.45, 2.75) is 75.6 Å². The van der Waals surface area contributed by atoms with Crippen molar-refractivity contribution in [2.24, 2.45) is 7.05 Å². The van der Waals surface area contributed by atoms with Crippen LogP contribution in [0.5, 0.6) is 0 Å². The lowest BCUT2D eigenvalue weighted by atomic mass is 10.1. The van der Waals surface area contributed by atoms with Crippen LogP contribution in [0.3, 0.4) is 0 Å². The first kappa shape index (κ1) is 40.9. The number of nitrogens with zero attached hydrogens (tertiary/aromatic N) is 6. The van der Waals surface area contributed by atoms with Crippen LogP contribution in [0.15, 0.2) is 22.2 Å². The van der Waals surface area contributed by atoms with E-state index >= 15 is 0 Å². The quantitative estimate of drug-likeness (QED) is 0.0602. The van der Waals surface area contributed by atoms with E-state index in [-0.39, 0.29) is 34.1 Å². The van der Waals surface area contributed by atoms with Gasteiger partial charge in [-0.3, -0.25) is 28.2 Å². The number of nitrogens with two attached hydrogens (primary N) is 1. The number of nitrogens with one attached hydrogen (secondary N) is 2. The van der Waals surface area contributed by atoms with Crippen molar-refractivity contribution in [3.8, 4) is 0 Å². The molecular formula is C26H37N9O18P3+. The summed E-state index contributed by atoms with van der Waals surface area (Å²) in [6.45, 7) is 2.99. The molecule has 0 saturated carbocycles. The standard InChI is InChI=1S/C26H36N9O18P3/c1-10-29-19-13(21(37)30-10)28-8-34(19)23-15(36)16(45-5)11(48-23)6-46-54(39,40)52-56(43,44)53-55(41,42)47-7-12-17-18(51-26(2,3)50-17)24(49-12)35-9-33(4)14-20(35)31-25(27)32-22(14)38/h8-9,11-12,15-18,23-24,36H,6-7H2,1-5H3,(H6-,27,29,30,31,32,37,38,39,40,41,42,43,44)/p+1/t11-,12-,15?,16+,17+,18?,23-,24-/m1/s1. The molecule has 308 valence electrons. The maximum Gasteiger partial charge on any atom is 0.490 e. The highest BCUT2D eigenvalue weighted by molar-refractivity contribution is 7.66. The molecule has 7 rings (SSSR count). The number of aliphatic hydroxyl groups is 1. The molecule has 0 amide bonds. The molecule has 56 heavy (non-hydrogen) atoms. The number of hydrogen-bond donors (Lipinski definition) is 7. The lowest BCUT2D eigenvalue weighted by Crippen LogP contribution is -2.35. The number of rotatable bonds is 13. The van der Waals surface area contributed by atoms with Crippen LogP contribution in [0, 0.1) is 6.92 Å². The topological polar surface area (TPSA) is 359 Å². The van der Waals surface area contributed by atoms with Crippen molar-refractivity contribution in [2.75, 3.05) is 26.1 Å². The number of methoxy groups -OCH3 is 1. The Hall–Kier alpha value is -3.33. The van der Waals surface area contributed by atoms with Crippen LogP contribution in [-0.4, -0.2) is 117 Å². The van der Waals surface area contributed by atoms with Gasteiger partial charge in [-0.15, -0.1) is 0 Å². The van der Waals surface area contributed by atoms with Crippen molar-refractivity contribution >= 4 is 51.7 Å². The fraction of sp³-hybridized carbons (Fsp3) is 0.615. The van der Waals surface area contributed by atoms with Gasteiger partial charge < -0.3 is 54.2 Å². The van der Waals surface area contributed by atoms with Gasteiger partial charge in [0.05, 0.1) is 26.6 Å². The summed E-state index contributed by atoms with van der Waals surface area (Å²) in [4.78, 5) is 72.9. The van der Waals surface area contributed by atoms with E-state index in [4.69, 9.17) is 38.5 Å². The molecule has 0 aliphatic carbocycles. The van der Waals surface area contributed by atoms with E-state index in [9.17, 15) is 43.1 Å². The average Bonchev–Trinajstić information content (AvgIpc) is 3.85. The SMILES string of the molecule is CO[C@@H]1C(O)[C@H](n2cnc3c(=O)[nH]c(C)nc32)O[C@@H]1COP(=O)(O)OP(=O)(O)OP(=O)(O)OC[C@H]1O[C@@H](n2c[n+](C)c3c(=O)[nH]c(N)nc32)C2OC(C)(C)O[C@H]21. The molecule has 27 nitrogen and oxygen atoms in total. The third-order valence-electron chi connectivity index (χ3n) is 8.81. The van der Waals surface area contributed by atoms with Crippen LogP contribution >= 0.6 is 23.5 Å². The Balaban J connectivity index is 0.987. The number of phosphoric acid groups is 3. The smallest absolute Gasteiger partial charge is 0.386 e. The zero-order valence-electron chi connectivity index (χ0n) is 29.8. The number of anilines is 1. The van der Waals surface area contributed by atoms with Crippen LogP contribution in [0.1, 0.15) is 32.1 Å². The Labute approximate surface area is 313 Å². The lowest BCUT2D eigenvalue weighted by Gasteiger charge is -2.24. The van der Waals surface area contributed by atoms with Crippen molar-refractivity contribution in [1.29, 1.82) is 0 Å². The number of aromatic nitrogens is 8. The molecule has 5 unspecified atom stereocenters. The minimum atomic E-state index is -5.93. The van der Waals surface area contributed by atoms with Crippen molar-refractivity contribution in [1.82, 2.24) is 34.1 Å². The number of hydrogen-bond acceptors (Lipinski definition) is 19. The Bertz CT molecular complexity index is 2440. The van der Waals surface area contributed by atoms with E-state index in [2.05, 4.69) is 33.5 Å². The molecule has 3 fully saturated rings. The van der Waals surface area contributed by atoms with Gasteiger partial charge in [0.25, 0.3) is 16.7 Å². The highest BCUT2D eigenvalue weighted by Crippen LogP contribution is 2.68. The van der Waals surface area contributed by atoms with Gasteiger partial charge in [0.2, 0.25) is 18.5 Å². The molecule has 0 spiro atoms. The Morgan fingerprint density at radius 1 is 0.911 bits per heavy atom. The summed E-state index contributed by atoms with van der Waals surface area (Å²) in [6.07, 6.45) is -6.78. The minimum Gasteiger partial charge on any atom is -0.386 e. The Kier molecular flexibility index (Phi) is 10.6. The maximum atomic E-state index is 12.9. The zero-order chi connectivity index (χ0) is 40.7. The molecule has 11 atom stereocenters. The van der Waals surface area contributed by atoms with Gasteiger partial charge in [-0.05, 0) is 20.8 Å². The minimum absolute atomic E-state index is 0.0494. The Morgan fingerprint density at radius 2 is 1.54 bits per heavy atom. The fourth-order valence-corrected chi connectivity index (χ4v) is 10.2. The largest absolute Gasteiger partial charge is 0.490 e. The fourth-order valence-electron chi connectivity index (χ4n) is 6.73. The highest BCUT2D eigenvalue weighted by atomic mass is 31.3. The van der Waals surface area contributed by atoms with Crippen molar-refractivity contribution in [3.05, 3.63) is 39.2 Å². The molecule has 3 aliphatic heterocycles. The third kappa shape index (κ3) is 7.92. The van der Waals surface area contributed by atoms with Gasteiger partial charge in [-0.2, -0.15) is 18.2 Å². The zero-order valence-corrected chi connectivity index (χ0v) is 32.5. The summed E-state index contributed by atoms with van der Waals surface area (Å²) < 4.78 is 89.7. The molecule has 3 aliphatic rings. The first-order chi connectivity index (χ1) is 26.1. The first-order valence-corrected chi connectivity index (χ1v) is 20.8. The van der Waals surface area contributed by atoms with Gasteiger partial charge >= 0.3 is 29.0 Å². The van der Waals surface area contributed by atoms with Gasteiger partial charge in [0.15, 0.2) is 29.3 Å². The van der Waals surface area contributed by atoms with Gasteiger partial charge in [0.1, 0.15) is 36.3 Å². The molecule has 0 aromatic carbocycles. The van der Waals surface area contributed by atoms with Gasteiger partial charge in [-0.25, -0.2) is 28.2 Å². The summed E-state index contributed by atoms with van der Waals surface area (Å²) in [5.74, 6) is -1.13. The summed E-state index contributed by atoms with van der Waals surface area (Å²) >= 11 is 0. The van der Waals surface area contributed by atoms with E-state index in [1.807, 2.05) is 0 Å². The van der Waals surface area contributed by atoms with Crippen LogP contribution in [0.2, 0.25) is 0 Å². The normalized spacial score (nSPS) is 30.7. The molecule has 0 radical (unpaired) electrons. The second-order valence-corrected chi connectivity index (χ2v) is 17.9. The monoisotopic (exact) mass is 856 g/mol. The van der Waals surface area contributed by atoms with Gasteiger partial charge in [0, 0.05) is 7.11 Å². The molecular weight excluding hydrogens is 819 g/mol. The maximum absolute atomic E-state index is 12.9. The Morgan fingerprint density at radius 3 is 2.20 bits per heavy atom. The number of fused-ring (bicyclic) bond motifs is 3. The summed E-state index contributed by atoms with van der Waals surface area (Å²) in [5, 5.41) is 10.9. The van der Waals surface area contributed by atoms with E-state index in [0.717, 1.165) is 0 Å². The molecule has 4 aromatic rings. The number of nitrogen functional groups attached to an aromatic ring is 1. The number of aliphatic hydroxyl groups excluding tert-OH is 1. The first-order valence-electron chi connectivity index (χ1n) is 16.3. The highest BCUT2D eigenvalue weighted by Gasteiger charge is 2.59. The number of H-pyrrole nitrogens is 2. The van der Waals surface area contributed by atoms with E-state index < -0.39 is 103 Å². The summed E-state index contributed by atoms with van der Waals surface area (Å²) in [6, 6.07) is 0. The van der Waals surface area contributed by atoms with Crippen LogP contribution in [0.25, 0.3) is 22.3 Å². The molecule has 7 heterocycles. The lowest BCUT2D eigenvalue weighted by molar-refractivity contribution is -0.646. The van der Waals surface area contributed by atoms with Crippen LogP contribution in [-0.2, 0) is 62.1 Å². The third-order valence-corrected chi connectivity index (χ3v) is 13.1. The number of phosphoric ester groups is 2. The van der Waals surface area contributed by atoms with Gasteiger partial charge in [-0.1, -0.05) is 0 Å². The van der Waals surface area contributed by atoms with Crippen molar-refractivity contribution < 1.29 is 79.4 Å². The number of ether oxygens (including phenoxy) is 5. The average molecular weight is 857 g/mol. The van der Waals surface area contributed by atoms with E-state index in [0.29, 0.717) is 0 Å². The molecule has 30 heteroatoms. The summed E-state index contributed by atoms with van der Waals surface area (Å²) in [7, 11) is -14.4. The van der Waals surface area contributed by atoms with E-state index in [1.54, 1.807) is 20.9 Å².